The van der Waals surface area contributed by atoms with Gasteiger partial charge in [-0.05, 0) is 53.6 Å². The van der Waals surface area contributed by atoms with Crippen molar-refractivity contribution in [3.05, 3.63) is 95.2 Å². The van der Waals surface area contributed by atoms with Crippen LogP contribution in [-0.2, 0) is 11.4 Å². The first-order valence-corrected chi connectivity index (χ1v) is 9.36. The number of aromatic hydroxyl groups is 1. The Labute approximate surface area is 179 Å². The van der Waals surface area contributed by atoms with Crippen molar-refractivity contribution in [2.75, 3.05) is 7.11 Å². The summed E-state index contributed by atoms with van der Waals surface area (Å²) >= 11 is 0. The lowest BCUT2D eigenvalue weighted by atomic mass is 10.1. The number of carboxylic acids is 1. The average molecular weight is 419 g/mol. The number of carboxylic acid groups (broad SMARTS) is 1. The van der Waals surface area contributed by atoms with E-state index >= 15 is 0 Å². The number of para-hydroxylation sites is 1. The number of aliphatic carboxylic acids is 1. The van der Waals surface area contributed by atoms with E-state index in [4.69, 9.17) is 9.47 Å². The van der Waals surface area contributed by atoms with Gasteiger partial charge in [0, 0.05) is 0 Å². The van der Waals surface area contributed by atoms with Crippen LogP contribution in [0, 0.1) is 0 Å². The third-order valence-electron chi connectivity index (χ3n) is 4.36. The van der Waals surface area contributed by atoms with Crippen LogP contribution in [-0.4, -0.2) is 29.2 Å². The molecule has 0 aliphatic heterocycles. The standard InChI is InChI=1S/C24H21NO6/c1-30-19-6-4-5-17(13-19)15-31-18-11-9-16(10-12-18)14-21(24(28)29)25-23(27)20-7-2-3-8-22(20)26/h2-14,26H,15H2,1H3,(H,25,27)(H,28,29)/b21-14-. The summed E-state index contributed by atoms with van der Waals surface area (Å²) in [6.45, 7) is 0.351. The second-order valence-electron chi connectivity index (χ2n) is 6.54. The predicted molar refractivity (Wildman–Crippen MR) is 115 cm³/mol. The maximum atomic E-state index is 12.3. The highest BCUT2D eigenvalue weighted by molar-refractivity contribution is 6.04. The molecule has 0 aromatic heterocycles. The minimum absolute atomic E-state index is 0.0176. The van der Waals surface area contributed by atoms with E-state index in [1.807, 2.05) is 24.3 Å². The van der Waals surface area contributed by atoms with Crippen molar-refractivity contribution < 1.29 is 29.3 Å². The van der Waals surface area contributed by atoms with Crippen molar-refractivity contribution in [3.63, 3.8) is 0 Å². The van der Waals surface area contributed by atoms with Crippen LogP contribution >= 0.6 is 0 Å². The summed E-state index contributed by atoms with van der Waals surface area (Å²) in [6, 6.07) is 20.2. The Kier molecular flexibility index (Phi) is 6.90. The minimum atomic E-state index is -1.30. The number of hydrogen-bond donors (Lipinski definition) is 3. The first-order valence-electron chi connectivity index (χ1n) is 9.36. The molecule has 3 N–H and O–H groups in total. The first kappa shape index (κ1) is 21.4. The van der Waals surface area contributed by atoms with Crippen molar-refractivity contribution >= 4 is 18.0 Å². The van der Waals surface area contributed by atoms with Gasteiger partial charge in [-0.1, -0.05) is 36.4 Å². The van der Waals surface area contributed by atoms with Crippen LogP contribution in [0.25, 0.3) is 6.08 Å². The van der Waals surface area contributed by atoms with Gasteiger partial charge < -0.3 is 25.0 Å². The quantitative estimate of drug-likeness (QED) is 0.479. The van der Waals surface area contributed by atoms with Gasteiger partial charge in [0.1, 0.15) is 29.6 Å². The number of amides is 1. The third-order valence-corrected chi connectivity index (χ3v) is 4.36. The molecule has 0 fully saturated rings. The number of phenolic OH excluding ortho intramolecular Hbond substituents is 1. The molecule has 31 heavy (non-hydrogen) atoms. The van der Waals surface area contributed by atoms with E-state index in [1.54, 1.807) is 43.5 Å². The molecule has 0 heterocycles. The summed E-state index contributed by atoms with van der Waals surface area (Å²) in [6.07, 6.45) is 1.33. The molecule has 0 saturated heterocycles. The van der Waals surface area contributed by atoms with E-state index in [-0.39, 0.29) is 17.0 Å². The molecule has 158 valence electrons. The summed E-state index contributed by atoms with van der Waals surface area (Å²) < 4.78 is 10.9. The second-order valence-corrected chi connectivity index (χ2v) is 6.54. The topological polar surface area (TPSA) is 105 Å². The molecule has 3 aromatic rings. The molecule has 0 radical (unpaired) electrons. The van der Waals surface area contributed by atoms with Crippen LogP contribution in [0.1, 0.15) is 21.5 Å². The highest BCUT2D eigenvalue weighted by atomic mass is 16.5. The van der Waals surface area contributed by atoms with Crippen molar-refractivity contribution in [1.82, 2.24) is 5.32 Å². The van der Waals surface area contributed by atoms with Gasteiger partial charge in [0.15, 0.2) is 0 Å². The van der Waals surface area contributed by atoms with Gasteiger partial charge in [0.25, 0.3) is 5.91 Å². The largest absolute Gasteiger partial charge is 0.507 e. The van der Waals surface area contributed by atoms with Gasteiger partial charge in [-0.3, -0.25) is 4.79 Å². The van der Waals surface area contributed by atoms with Crippen molar-refractivity contribution in [1.29, 1.82) is 0 Å². The zero-order valence-corrected chi connectivity index (χ0v) is 16.7. The smallest absolute Gasteiger partial charge is 0.352 e. The molecule has 0 bridgehead atoms. The SMILES string of the molecule is COc1cccc(COc2ccc(/C=C(\NC(=O)c3ccccc3O)C(=O)O)cc2)c1. The second kappa shape index (κ2) is 9.98. The Morgan fingerprint density at radius 2 is 1.71 bits per heavy atom. The lowest BCUT2D eigenvalue weighted by Gasteiger charge is -2.09. The highest BCUT2D eigenvalue weighted by Gasteiger charge is 2.16. The zero-order valence-electron chi connectivity index (χ0n) is 16.7. The maximum Gasteiger partial charge on any atom is 0.352 e. The summed E-state index contributed by atoms with van der Waals surface area (Å²) in [4.78, 5) is 23.8. The van der Waals surface area contributed by atoms with Crippen LogP contribution in [0.2, 0.25) is 0 Å². The fourth-order valence-corrected chi connectivity index (χ4v) is 2.76. The Balaban J connectivity index is 1.68. The molecule has 0 unspecified atom stereocenters. The molecule has 0 aliphatic carbocycles. The number of methoxy groups -OCH3 is 1. The van der Waals surface area contributed by atoms with E-state index in [1.165, 1.54) is 18.2 Å². The minimum Gasteiger partial charge on any atom is -0.507 e. The van der Waals surface area contributed by atoms with Crippen LogP contribution < -0.4 is 14.8 Å². The van der Waals surface area contributed by atoms with Gasteiger partial charge in [-0.2, -0.15) is 0 Å². The lowest BCUT2D eigenvalue weighted by molar-refractivity contribution is -0.132. The van der Waals surface area contributed by atoms with Gasteiger partial charge in [0.2, 0.25) is 0 Å². The number of nitrogens with one attached hydrogen (secondary N) is 1. The normalized spacial score (nSPS) is 10.9. The Hall–Kier alpha value is -4.26. The zero-order chi connectivity index (χ0) is 22.2. The van der Waals surface area contributed by atoms with E-state index in [0.717, 1.165) is 11.3 Å². The number of hydrogen-bond acceptors (Lipinski definition) is 5. The average Bonchev–Trinajstić information content (AvgIpc) is 2.78. The van der Waals surface area contributed by atoms with Gasteiger partial charge >= 0.3 is 5.97 Å². The van der Waals surface area contributed by atoms with Crippen LogP contribution in [0.3, 0.4) is 0 Å². The van der Waals surface area contributed by atoms with Crippen molar-refractivity contribution in [2.45, 2.75) is 6.61 Å². The van der Waals surface area contributed by atoms with Gasteiger partial charge in [0.05, 0.1) is 12.7 Å². The third kappa shape index (κ3) is 5.86. The van der Waals surface area contributed by atoms with E-state index < -0.39 is 11.9 Å². The van der Waals surface area contributed by atoms with Crippen LogP contribution in [0.15, 0.2) is 78.5 Å². The summed E-state index contributed by atoms with van der Waals surface area (Å²) in [5.74, 6) is -0.905. The summed E-state index contributed by atoms with van der Waals surface area (Å²) in [5, 5.41) is 21.5. The van der Waals surface area contributed by atoms with Crippen LogP contribution in [0.4, 0.5) is 0 Å². The fourth-order valence-electron chi connectivity index (χ4n) is 2.76. The van der Waals surface area contributed by atoms with E-state index in [0.29, 0.717) is 17.9 Å². The van der Waals surface area contributed by atoms with E-state index in [9.17, 15) is 19.8 Å². The fraction of sp³-hybridized carbons (Fsp3) is 0.0833. The molecule has 0 aliphatic rings. The molecular weight excluding hydrogens is 398 g/mol. The maximum absolute atomic E-state index is 12.3. The van der Waals surface area contributed by atoms with Crippen LogP contribution in [0.5, 0.6) is 17.2 Å². The summed E-state index contributed by atoms with van der Waals surface area (Å²) in [5.41, 5.74) is 1.17. The van der Waals surface area contributed by atoms with Crippen molar-refractivity contribution in [3.8, 4) is 17.2 Å². The Morgan fingerprint density at radius 3 is 2.39 bits per heavy atom. The Morgan fingerprint density at radius 1 is 0.968 bits per heavy atom. The van der Waals surface area contributed by atoms with E-state index in [2.05, 4.69) is 5.32 Å². The number of rotatable bonds is 8. The first-order chi connectivity index (χ1) is 15.0. The Bertz CT molecular complexity index is 1110. The van der Waals surface area contributed by atoms with Gasteiger partial charge in [-0.25, -0.2) is 4.79 Å². The van der Waals surface area contributed by atoms with Gasteiger partial charge in [-0.15, -0.1) is 0 Å². The lowest BCUT2D eigenvalue weighted by Crippen LogP contribution is -2.27. The number of phenols is 1. The number of carbonyl (C=O) groups excluding carboxylic acids is 1. The molecule has 0 spiro atoms. The highest BCUT2D eigenvalue weighted by Crippen LogP contribution is 2.19. The number of benzene rings is 3. The molecule has 3 rings (SSSR count). The molecular formula is C24H21NO6. The molecule has 1 amide bonds. The van der Waals surface area contributed by atoms with Crippen molar-refractivity contribution in [2.24, 2.45) is 0 Å². The summed E-state index contributed by atoms with van der Waals surface area (Å²) in [7, 11) is 1.60. The molecule has 0 saturated carbocycles. The number of carbonyl (C=O) groups is 2. The monoisotopic (exact) mass is 419 g/mol. The predicted octanol–water partition coefficient (Wildman–Crippen LogP) is 3.84. The molecule has 0 atom stereocenters. The molecule has 3 aromatic carbocycles. The molecule has 7 nitrogen and oxygen atoms in total. The molecule has 7 heteroatoms. The number of ether oxygens (including phenoxy) is 2.